The standard InChI is InChI=1S/C27H36N2O4/c1-27(11-2-3-12-27)13-4-5-22(30)16-23(31)8-6-20-7-9-25(32)26(15-20)33-19-29-17-21-10-14-28-24(21)18-29/h7,9-10,14-15,17-18,22,28,30,32H,2-6,8,11-13,16,19H2,1H3. The van der Waals surface area contributed by atoms with Crippen molar-refractivity contribution in [3.8, 4) is 11.5 Å². The molecule has 6 heteroatoms. The fourth-order valence-electron chi connectivity index (χ4n) is 5.04. The first kappa shape index (κ1) is 23.4. The average molecular weight is 453 g/mol. The zero-order chi connectivity index (χ0) is 23.3. The zero-order valence-corrected chi connectivity index (χ0v) is 19.6. The van der Waals surface area contributed by atoms with Gasteiger partial charge in [0.2, 0.25) is 0 Å². The van der Waals surface area contributed by atoms with Crippen LogP contribution >= 0.6 is 0 Å². The Bertz CT molecular complexity index is 1030. The summed E-state index contributed by atoms with van der Waals surface area (Å²) in [5.74, 6) is 0.555. The number of phenols is 1. The summed E-state index contributed by atoms with van der Waals surface area (Å²) in [5, 5.41) is 21.5. The Balaban J connectivity index is 1.20. The van der Waals surface area contributed by atoms with Crippen molar-refractivity contribution in [1.82, 2.24) is 9.55 Å². The highest BCUT2D eigenvalue weighted by Crippen LogP contribution is 2.41. The molecule has 0 amide bonds. The number of carbonyl (C=O) groups is 1. The summed E-state index contributed by atoms with van der Waals surface area (Å²) < 4.78 is 7.71. The van der Waals surface area contributed by atoms with E-state index in [0.717, 1.165) is 29.3 Å². The number of ether oxygens (including phenoxy) is 1. The number of Topliss-reactive ketones (excluding diaryl/α,β-unsaturated/α-hetero) is 1. The lowest BCUT2D eigenvalue weighted by Crippen LogP contribution is -2.16. The van der Waals surface area contributed by atoms with Crippen LogP contribution in [0.5, 0.6) is 11.5 Å². The average Bonchev–Trinajstić information content (AvgIpc) is 3.49. The molecule has 0 saturated heterocycles. The highest BCUT2D eigenvalue weighted by Gasteiger charge is 2.28. The van der Waals surface area contributed by atoms with Gasteiger partial charge in [0.15, 0.2) is 18.2 Å². The molecular formula is C27H36N2O4. The minimum Gasteiger partial charge on any atom is -0.504 e. The van der Waals surface area contributed by atoms with Crippen LogP contribution < -0.4 is 4.74 Å². The number of carbonyl (C=O) groups excluding carboxylic acids is 1. The number of fused-ring (bicyclic) bond motifs is 1. The van der Waals surface area contributed by atoms with Gasteiger partial charge < -0.3 is 24.5 Å². The third-order valence-corrected chi connectivity index (χ3v) is 7.09. The molecule has 0 spiro atoms. The SMILES string of the molecule is CC1(CCCC(O)CC(=O)CCc2ccc(O)c(OCn3cc4cc[nH]c4c3)c2)CCCC1. The van der Waals surface area contributed by atoms with Crippen LogP contribution in [0.25, 0.3) is 10.9 Å². The number of rotatable bonds is 12. The van der Waals surface area contributed by atoms with Gasteiger partial charge in [-0.3, -0.25) is 4.79 Å². The molecule has 1 aromatic carbocycles. The molecule has 1 aliphatic carbocycles. The van der Waals surface area contributed by atoms with Crippen LogP contribution in [0.15, 0.2) is 42.9 Å². The maximum Gasteiger partial charge on any atom is 0.165 e. The number of aryl methyl sites for hydroxylation is 1. The highest BCUT2D eigenvalue weighted by molar-refractivity contribution is 5.79. The molecule has 33 heavy (non-hydrogen) atoms. The number of aliphatic hydroxyl groups is 1. The lowest BCUT2D eigenvalue weighted by atomic mass is 9.83. The van der Waals surface area contributed by atoms with Crippen LogP contribution in [0.4, 0.5) is 0 Å². The molecule has 0 aliphatic heterocycles. The summed E-state index contributed by atoms with van der Waals surface area (Å²) in [6.45, 7) is 2.64. The smallest absolute Gasteiger partial charge is 0.165 e. The lowest BCUT2D eigenvalue weighted by Gasteiger charge is -2.23. The maximum absolute atomic E-state index is 12.4. The molecule has 0 radical (unpaired) electrons. The zero-order valence-electron chi connectivity index (χ0n) is 19.6. The Hall–Kier alpha value is -2.73. The first-order valence-electron chi connectivity index (χ1n) is 12.2. The third-order valence-electron chi connectivity index (χ3n) is 7.09. The lowest BCUT2D eigenvalue weighted by molar-refractivity contribution is -0.121. The number of benzene rings is 1. The molecule has 1 saturated carbocycles. The number of H-pyrrole nitrogens is 1. The van der Waals surface area contributed by atoms with E-state index in [2.05, 4.69) is 11.9 Å². The number of aromatic hydroxyl groups is 1. The predicted octanol–water partition coefficient (Wildman–Crippen LogP) is 5.71. The molecule has 1 fully saturated rings. The van der Waals surface area contributed by atoms with Crippen LogP contribution in [0, 0.1) is 5.41 Å². The number of nitrogens with zero attached hydrogens (tertiary/aromatic N) is 1. The Morgan fingerprint density at radius 2 is 2.06 bits per heavy atom. The van der Waals surface area contributed by atoms with Crippen molar-refractivity contribution in [2.24, 2.45) is 5.41 Å². The first-order chi connectivity index (χ1) is 15.9. The largest absolute Gasteiger partial charge is 0.504 e. The van der Waals surface area contributed by atoms with E-state index in [1.807, 2.05) is 35.3 Å². The number of hydrogen-bond acceptors (Lipinski definition) is 4. The summed E-state index contributed by atoms with van der Waals surface area (Å²) in [4.78, 5) is 15.5. The van der Waals surface area contributed by atoms with Gasteiger partial charge in [-0.1, -0.05) is 32.3 Å². The molecule has 3 aromatic rings. The van der Waals surface area contributed by atoms with Gasteiger partial charge in [-0.15, -0.1) is 0 Å². The van der Waals surface area contributed by atoms with Crippen LogP contribution in [0.1, 0.15) is 70.3 Å². The van der Waals surface area contributed by atoms with Gasteiger partial charge in [0.25, 0.3) is 0 Å². The van der Waals surface area contributed by atoms with Gasteiger partial charge in [-0.2, -0.15) is 0 Å². The van der Waals surface area contributed by atoms with Gasteiger partial charge >= 0.3 is 0 Å². The normalized spacial score (nSPS) is 16.3. The second kappa shape index (κ2) is 10.5. The fourth-order valence-corrected chi connectivity index (χ4v) is 5.04. The molecule has 178 valence electrons. The summed E-state index contributed by atoms with van der Waals surface area (Å²) in [6.07, 6.45) is 14.5. The molecule has 3 N–H and O–H groups in total. The number of aromatic nitrogens is 2. The van der Waals surface area contributed by atoms with Crippen LogP contribution in [0.3, 0.4) is 0 Å². The molecule has 4 rings (SSSR count). The summed E-state index contributed by atoms with van der Waals surface area (Å²) >= 11 is 0. The van der Waals surface area contributed by atoms with Crippen molar-refractivity contribution in [2.45, 2.75) is 84.0 Å². The third kappa shape index (κ3) is 6.41. The van der Waals surface area contributed by atoms with E-state index >= 15 is 0 Å². The van der Waals surface area contributed by atoms with E-state index in [4.69, 9.17) is 4.74 Å². The van der Waals surface area contributed by atoms with Crippen LogP contribution in [-0.4, -0.2) is 31.7 Å². The quantitative estimate of drug-likeness (QED) is 0.328. The van der Waals surface area contributed by atoms with Gasteiger partial charge in [-0.05, 0) is 61.3 Å². The second-order valence-corrected chi connectivity index (χ2v) is 10.0. The van der Waals surface area contributed by atoms with Crippen molar-refractivity contribution < 1.29 is 19.7 Å². The Morgan fingerprint density at radius 1 is 1.24 bits per heavy atom. The van der Waals surface area contributed by atoms with Gasteiger partial charge in [0.05, 0.1) is 11.6 Å². The van der Waals surface area contributed by atoms with E-state index in [-0.39, 0.29) is 24.7 Å². The van der Waals surface area contributed by atoms with Crippen molar-refractivity contribution in [3.63, 3.8) is 0 Å². The number of ketones is 1. The number of aromatic amines is 1. The van der Waals surface area contributed by atoms with Crippen molar-refractivity contribution >= 4 is 16.7 Å². The van der Waals surface area contributed by atoms with Crippen molar-refractivity contribution in [2.75, 3.05) is 0 Å². The monoisotopic (exact) mass is 452 g/mol. The van der Waals surface area contributed by atoms with E-state index in [0.29, 0.717) is 30.4 Å². The predicted molar refractivity (Wildman–Crippen MR) is 129 cm³/mol. The Kier molecular flexibility index (Phi) is 7.43. The summed E-state index contributed by atoms with van der Waals surface area (Å²) in [5.41, 5.74) is 2.40. The van der Waals surface area contributed by atoms with E-state index in [1.165, 1.54) is 25.7 Å². The number of phenolic OH excluding ortho intramolecular Hbond substituents is 1. The van der Waals surface area contributed by atoms with Gasteiger partial charge in [-0.25, -0.2) is 0 Å². The van der Waals surface area contributed by atoms with Crippen LogP contribution in [-0.2, 0) is 17.9 Å². The maximum atomic E-state index is 12.4. The fraction of sp³-hybridized carbons (Fsp3) is 0.519. The molecule has 1 unspecified atom stereocenters. The first-order valence-corrected chi connectivity index (χ1v) is 12.2. The van der Waals surface area contributed by atoms with Gasteiger partial charge in [0.1, 0.15) is 5.78 Å². The minimum absolute atomic E-state index is 0.0764. The van der Waals surface area contributed by atoms with Crippen molar-refractivity contribution in [1.29, 1.82) is 0 Å². The van der Waals surface area contributed by atoms with Gasteiger partial charge in [0, 0.05) is 36.8 Å². The molecule has 1 aliphatic rings. The summed E-state index contributed by atoms with van der Waals surface area (Å²) in [7, 11) is 0. The molecule has 1 atom stereocenters. The molecule has 2 aromatic heterocycles. The Morgan fingerprint density at radius 3 is 2.85 bits per heavy atom. The van der Waals surface area contributed by atoms with Crippen molar-refractivity contribution in [3.05, 3.63) is 48.4 Å². The molecular weight excluding hydrogens is 416 g/mol. The van der Waals surface area contributed by atoms with E-state index in [1.54, 1.807) is 12.1 Å². The van der Waals surface area contributed by atoms with Crippen LogP contribution in [0.2, 0.25) is 0 Å². The molecule has 2 heterocycles. The summed E-state index contributed by atoms with van der Waals surface area (Å²) in [6, 6.07) is 7.20. The van der Waals surface area contributed by atoms with E-state index < -0.39 is 6.10 Å². The molecule has 6 nitrogen and oxygen atoms in total. The number of hydrogen-bond donors (Lipinski definition) is 3. The highest BCUT2D eigenvalue weighted by atomic mass is 16.5. The number of nitrogens with one attached hydrogen (secondary N) is 1. The molecule has 0 bridgehead atoms. The topological polar surface area (TPSA) is 87.5 Å². The number of aliphatic hydroxyl groups excluding tert-OH is 1. The van der Waals surface area contributed by atoms with E-state index in [9.17, 15) is 15.0 Å². The second-order valence-electron chi connectivity index (χ2n) is 10.0. The Labute approximate surface area is 195 Å². The minimum atomic E-state index is -0.547.